The molecule has 0 aromatic rings. The fraction of sp³-hybridized carbons (Fsp3) is 0.826. The molecule has 0 bridgehead atoms. The molecular formula is C23H38N6. The maximum Gasteiger partial charge on any atom is 0.300 e. The fourth-order valence-electron chi connectivity index (χ4n) is 5.26. The van der Waals surface area contributed by atoms with Gasteiger partial charge in [0, 0.05) is 51.4 Å². The van der Waals surface area contributed by atoms with E-state index in [9.17, 15) is 5.26 Å². The maximum atomic E-state index is 9.53. The standard InChI is InChI=1S/C23H38N6/c1-20-9-4-5-11-26(20)13-7-15-28-17-18-29(23(28)22(19-24)25-3)16-8-14-27-12-6-10-21(27)2/h20-21H,4-18H2,1-2H3. The highest BCUT2D eigenvalue weighted by Crippen LogP contribution is 2.25. The molecule has 3 heterocycles. The Morgan fingerprint density at radius 3 is 1.93 bits per heavy atom. The van der Waals surface area contributed by atoms with Crippen LogP contribution in [0.5, 0.6) is 0 Å². The molecule has 0 radical (unpaired) electrons. The van der Waals surface area contributed by atoms with Gasteiger partial charge in [0.1, 0.15) is 5.82 Å². The topological polar surface area (TPSA) is 41.1 Å². The highest BCUT2D eigenvalue weighted by Gasteiger charge is 2.29. The normalized spacial score (nSPS) is 27.9. The number of likely N-dealkylation sites (tertiary alicyclic amines) is 2. The summed E-state index contributed by atoms with van der Waals surface area (Å²) in [6.07, 6.45) is 8.82. The largest absolute Gasteiger partial charge is 0.365 e. The summed E-state index contributed by atoms with van der Waals surface area (Å²) in [6, 6.07) is 3.56. The molecule has 3 aliphatic heterocycles. The summed E-state index contributed by atoms with van der Waals surface area (Å²) in [5.41, 5.74) is 0.267. The SMILES string of the molecule is [C-]#[N+]C(C#N)=C1N(CCCN2CCCCC2C)CCN1CCCN1CCCC1C. The van der Waals surface area contributed by atoms with E-state index < -0.39 is 0 Å². The molecule has 0 spiro atoms. The monoisotopic (exact) mass is 398 g/mol. The minimum absolute atomic E-state index is 0.267. The van der Waals surface area contributed by atoms with Crippen LogP contribution in [0.4, 0.5) is 0 Å². The lowest BCUT2D eigenvalue weighted by Gasteiger charge is -2.34. The fourth-order valence-corrected chi connectivity index (χ4v) is 5.26. The summed E-state index contributed by atoms with van der Waals surface area (Å²) in [7, 11) is 0. The van der Waals surface area contributed by atoms with E-state index in [4.69, 9.17) is 6.57 Å². The lowest BCUT2D eigenvalue weighted by Crippen LogP contribution is -2.39. The maximum absolute atomic E-state index is 9.53. The summed E-state index contributed by atoms with van der Waals surface area (Å²) in [5, 5.41) is 9.53. The molecule has 2 atom stereocenters. The number of nitrogens with zero attached hydrogens (tertiary/aromatic N) is 6. The summed E-state index contributed by atoms with van der Waals surface area (Å²) in [6.45, 7) is 20.6. The van der Waals surface area contributed by atoms with Gasteiger partial charge in [0.2, 0.25) is 0 Å². The molecule has 0 N–H and O–H groups in total. The van der Waals surface area contributed by atoms with Crippen LogP contribution in [0, 0.1) is 17.9 Å². The van der Waals surface area contributed by atoms with Crippen LogP contribution in [-0.2, 0) is 0 Å². The van der Waals surface area contributed by atoms with Crippen molar-refractivity contribution in [2.75, 3.05) is 52.4 Å². The predicted molar refractivity (Wildman–Crippen MR) is 117 cm³/mol. The van der Waals surface area contributed by atoms with Crippen LogP contribution in [0.1, 0.15) is 58.8 Å². The van der Waals surface area contributed by atoms with Crippen molar-refractivity contribution in [2.45, 2.75) is 70.9 Å². The van der Waals surface area contributed by atoms with Crippen LogP contribution in [0.2, 0.25) is 0 Å². The Kier molecular flexibility index (Phi) is 8.21. The number of hydrogen-bond donors (Lipinski definition) is 0. The van der Waals surface area contributed by atoms with E-state index in [0.717, 1.165) is 57.9 Å². The van der Waals surface area contributed by atoms with E-state index in [1.807, 2.05) is 0 Å². The average Bonchev–Trinajstić information content (AvgIpc) is 3.31. The molecule has 3 saturated heterocycles. The van der Waals surface area contributed by atoms with Crippen molar-refractivity contribution < 1.29 is 0 Å². The molecule has 160 valence electrons. The predicted octanol–water partition coefficient (Wildman–Crippen LogP) is 3.35. The summed E-state index contributed by atoms with van der Waals surface area (Å²) in [4.78, 5) is 13.3. The first-order valence-corrected chi connectivity index (χ1v) is 11.6. The second-order valence-electron chi connectivity index (χ2n) is 8.99. The molecule has 0 aliphatic carbocycles. The Bertz CT molecular complexity index is 629. The van der Waals surface area contributed by atoms with E-state index in [-0.39, 0.29) is 5.70 Å². The van der Waals surface area contributed by atoms with Crippen LogP contribution >= 0.6 is 0 Å². The zero-order valence-corrected chi connectivity index (χ0v) is 18.4. The van der Waals surface area contributed by atoms with E-state index in [1.54, 1.807) is 0 Å². The smallest absolute Gasteiger partial charge is 0.300 e. The molecule has 3 aliphatic rings. The first-order chi connectivity index (χ1) is 14.1. The Hall–Kier alpha value is -1.76. The zero-order chi connectivity index (χ0) is 20.6. The van der Waals surface area contributed by atoms with Gasteiger partial charge in [-0.15, -0.1) is 0 Å². The van der Waals surface area contributed by atoms with E-state index in [1.165, 1.54) is 45.2 Å². The first kappa shape index (κ1) is 21.9. The first-order valence-electron chi connectivity index (χ1n) is 11.6. The van der Waals surface area contributed by atoms with E-state index in [0.29, 0.717) is 12.1 Å². The molecule has 0 aromatic carbocycles. The van der Waals surface area contributed by atoms with Gasteiger partial charge in [-0.05, 0) is 65.5 Å². The van der Waals surface area contributed by atoms with Gasteiger partial charge in [-0.1, -0.05) is 6.42 Å². The van der Waals surface area contributed by atoms with Crippen molar-refractivity contribution in [3.8, 4) is 6.07 Å². The van der Waals surface area contributed by atoms with Gasteiger partial charge in [-0.2, -0.15) is 0 Å². The highest BCUT2D eigenvalue weighted by atomic mass is 15.4. The average molecular weight is 399 g/mol. The molecule has 0 aromatic heterocycles. The van der Waals surface area contributed by atoms with Crippen LogP contribution in [0.3, 0.4) is 0 Å². The third-order valence-corrected chi connectivity index (χ3v) is 7.05. The van der Waals surface area contributed by atoms with E-state index >= 15 is 0 Å². The third kappa shape index (κ3) is 5.65. The second kappa shape index (κ2) is 10.9. The summed E-state index contributed by atoms with van der Waals surface area (Å²) >= 11 is 0. The van der Waals surface area contributed by atoms with Crippen molar-refractivity contribution in [3.05, 3.63) is 22.9 Å². The summed E-state index contributed by atoms with van der Waals surface area (Å²) in [5.74, 6) is 0.892. The Labute approximate surface area is 177 Å². The van der Waals surface area contributed by atoms with Gasteiger partial charge in [0.15, 0.2) is 0 Å². The van der Waals surface area contributed by atoms with Gasteiger partial charge in [-0.25, -0.2) is 10.1 Å². The van der Waals surface area contributed by atoms with Crippen molar-refractivity contribution in [3.63, 3.8) is 0 Å². The molecule has 3 fully saturated rings. The van der Waals surface area contributed by atoms with Crippen LogP contribution in [0.15, 0.2) is 11.5 Å². The lowest BCUT2D eigenvalue weighted by molar-refractivity contribution is 0.153. The molecule has 0 amide bonds. The quantitative estimate of drug-likeness (QED) is 0.463. The number of hydrogen-bond acceptors (Lipinski definition) is 5. The number of nitriles is 1. The number of piperidine rings is 1. The Balaban J connectivity index is 1.53. The molecule has 2 unspecified atom stereocenters. The third-order valence-electron chi connectivity index (χ3n) is 7.05. The van der Waals surface area contributed by atoms with Gasteiger partial charge in [-0.3, -0.25) is 0 Å². The van der Waals surface area contributed by atoms with Crippen molar-refractivity contribution >= 4 is 0 Å². The van der Waals surface area contributed by atoms with Gasteiger partial charge in [0.25, 0.3) is 0 Å². The van der Waals surface area contributed by atoms with Crippen LogP contribution in [0.25, 0.3) is 4.85 Å². The van der Waals surface area contributed by atoms with Gasteiger partial charge in [0.05, 0.1) is 12.6 Å². The number of rotatable bonds is 8. The Morgan fingerprint density at radius 2 is 1.45 bits per heavy atom. The minimum atomic E-state index is 0.267. The van der Waals surface area contributed by atoms with Crippen molar-refractivity contribution in [1.29, 1.82) is 5.26 Å². The number of allylic oxidation sites excluding steroid dienone is 1. The molecule has 6 heteroatoms. The summed E-state index contributed by atoms with van der Waals surface area (Å²) < 4.78 is 0. The van der Waals surface area contributed by atoms with Crippen LogP contribution < -0.4 is 0 Å². The van der Waals surface area contributed by atoms with Gasteiger partial charge >= 0.3 is 5.70 Å². The second-order valence-corrected chi connectivity index (χ2v) is 8.99. The minimum Gasteiger partial charge on any atom is -0.365 e. The molecule has 29 heavy (non-hydrogen) atoms. The molecule has 6 nitrogen and oxygen atoms in total. The van der Waals surface area contributed by atoms with E-state index in [2.05, 4.69) is 44.4 Å². The van der Waals surface area contributed by atoms with Crippen LogP contribution in [-0.4, -0.2) is 84.0 Å². The zero-order valence-electron chi connectivity index (χ0n) is 18.4. The van der Waals surface area contributed by atoms with Crippen molar-refractivity contribution in [2.24, 2.45) is 0 Å². The lowest BCUT2D eigenvalue weighted by atomic mass is 10.0. The molecular weight excluding hydrogens is 360 g/mol. The molecule has 3 rings (SSSR count). The highest BCUT2D eigenvalue weighted by molar-refractivity contribution is 5.33. The van der Waals surface area contributed by atoms with Gasteiger partial charge < -0.3 is 19.6 Å². The van der Waals surface area contributed by atoms with Crippen molar-refractivity contribution in [1.82, 2.24) is 19.6 Å². The molecule has 0 saturated carbocycles. The Morgan fingerprint density at radius 1 is 0.897 bits per heavy atom.